The smallest absolute Gasteiger partial charge is 0.331 e. The minimum atomic E-state index is -1.06. The van der Waals surface area contributed by atoms with Crippen molar-refractivity contribution in [2.75, 3.05) is 0 Å². The molecule has 0 aromatic heterocycles. The van der Waals surface area contributed by atoms with Gasteiger partial charge in [0.15, 0.2) is 6.04 Å². The number of hydrogen-bond acceptors (Lipinski definition) is 2. The number of nitrogens with zero attached hydrogens (tertiary/aromatic N) is 1. The zero-order valence-electron chi connectivity index (χ0n) is 10.3. The molecule has 0 bridgehead atoms. The van der Waals surface area contributed by atoms with Gasteiger partial charge in [0.2, 0.25) is 5.91 Å². The molecule has 19 heavy (non-hydrogen) atoms. The average molecular weight is 347 g/mol. The summed E-state index contributed by atoms with van der Waals surface area (Å²) in [5.74, 6) is -1.31. The molecule has 0 spiro atoms. The molecule has 1 N–H and O–H groups in total. The lowest BCUT2D eigenvalue weighted by atomic mass is 10.0. The van der Waals surface area contributed by atoms with Crippen LogP contribution in [-0.2, 0) is 9.59 Å². The van der Waals surface area contributed by atoms with E-state index in [0.29, 0.717) is 10.6 Å². The van der Waals surface area contributed by atoms with Gasteiger partial charge < -0.3 is 10.0 Å². The SMILES string of the molecule is CC(=O)N(C1CC1)C(C(=O)O)c1ccc(Br)cc1Cl. The van der Waals surface area contributed by atoms with E-state index in [0.717, 1.165) is 17.3 Å². The van der Waals surface area contributed by atoms with Gasteiger partial charge in [0.25, 0.3) is 0 Å². The molecule has 2 rings (SSSR count). The van der Waals surface area contributed by atoms with Crippen LogP contribution in [0.4, 0.5) is 0 Å². The molecular formula is C13H13BrClNO3. The molecule has 1 aliphatic rings. The molecule has 1 atom stereocenters. The molecule has 1 unspecified atom stereocenters. The van der Waals surface area contributed by atoms with Gasteiger partial charge in [-0.15, -0.1) is 0 Å². The Balaban J connectivity index is 2.44. The van der Waals surface area contributed by atoms with Gasteiger partial charge in [0, 0.05) is 28.0 Å². The molecule has 4 nitrogen and oxygen atoms in total. The summed E-state index contributed by atoms with van der Waals surface area (Å²) in [7, 11) is 0. The zero-order chi connectivity index (χ0) is 14.2. The number of halogens is 2. The molecule has 102 valence electrons. The molecule has 1 amide bonds. The number of hydrogen-bond donors (Lipinski definition) is 1. The molecule has 1 aromatic rings. The third-order valence-corrected chi connectivity index (χ3v) is 3.89. The maximum absolute atomic E-state index is 11.7. The van der Waals surface area contributed by atoms with Crippen molar-refractivity contribution < 1.29 is 14.7 Å². The molecule has 1 fully saturated rings. The van der Waals surface area contributed by atoms with E-state index in [1.807, 2.05) is 0 Å². The van der Waals surface area contributed by atoms with Crippen molar-refractivity contribution in [1.82, 2.24) is 4.90 Å². The Hall–Kier alpha value is -1.07. The van der Waals surface area contributed by atoms with Crippen molar-refractivity contribution in [3.63, 3.8) is 0 Å². The van der Waals surface area contributed by atoms with Crippen molar-refractivity contribution in [3.8, 4) is 0 Å². The number of aliphatic carboxylic acids is 1. The summed E-state index contributed by atoms with van der Waals surface area (Å²) >= 11 is 9.39. The molecule has 1 aromatic carbocycles. The summed E-state index contributed by atoms with van der Waals surface area (Å²) in [6.45, 7) is 1.39. The highest BCUT2D eigenvalue weighted by atomic mass is 79.9. The number of benzene rings is 1. The monoisotopic (exact) mass is 345 g/mol. The highest BCUT2D eigenvalue weighted by Crippen LogP contribution is 2.37. The first-order valence-electron chi connectivity index (χ1n) is 5.88. The number of amides is 1. The topological polar surface area (TPSA) is 57.6 Å². The van der Waals surface area contributed by atoms with Gasteiger partial charge in [-0.25, -0.2) is 4.79 Å². The fraction of sp³-hybridized carbons (Fsp3) is 0.385. The Bertz CT molecular complexity index is 531. The fourth-order valence-corrected chi connectivity index (χ4v) is 2.90. The molecule has 0 aliphatic heterocycles. The highest BCUT2D eigenvalue weighted by Gasteiger charge is 2.40. The van der Waals surface area contributed by atoms with Crippen LogP contribution < -0.4 is 0 Å². The summed E-state index contributed by atoms with van der Waals surface area (Å²) in [5.41, 5.74) is 0.444. The summed E-state index contributed by atoms with van der Waals surface area (Å²) in [5, 5.41) is 9.79. The Labute approximate surface area is 124 Å². The van der Waals surface area contributed by atoms with Gasteiger partial charge in [-0.3, -0.25) is 4.79 Å². The Morgan fingerprint density at radius 3 is 2.53 bits per heavy atom. The standard InChI is InChI=1S/C13H13BrClNO3/c1-7(17)16(9-3-4-9)12(13(18)19)10-5-2-8(14)6-11(10)15/h2,5-6,9,12H,3-4H2,1H3,(H,18,19). The fourth-order valence-electron chi connectivity index (χ4n) is 2.13. The van der Waals surface area contributed by atoms with Gasteiger partial charge in [0.1, 0.15) is 0 Å². The van der Waals surface area contributed by atoms with E-state index in [2.05, 4.69) is 15.9 Å². The predicted molar refractivity (Wildman–Crippen MR) is 75.1 cm³/mol. The van der Waals surface area contributed by atoms with Gasteiger partial charge in [-0.1, -0.05) is 33.6 Å². The molecule has 0 radical (unpaired) electrons. The largest absolute Gasteiger partial charge is 0.479 e. The van der Waals surface area contributed by atoms with Crippen LogP contribution in [0.1, 0.15) is 31.4 Å². The highest BCUT2D eigenvalue weighted by molar-refractivity contribution is 9.10. The van der Waals surface area contributed by atoms with E-state index in [1.54, 1.807) is 18.2 Å². The Morgan fingerprint density at radius 2 is 2.11 bits per heavy atom. The summed E-state index contributed by atoms with van der Waals surface area (Å²) in [4.78, 5) is 24.7. The van der Waals surface area contributed by atoms with Crippen LogP contribution >= 0.6 is 27.5 Å². The van der Waals surface area contributed by atoms with Crippen LogP contribution in [0.2, 0.25) is 5.02 Å². The van der Waals surface area contributed by atoms with Crippen LogP contribution in [0.5, 0.6) is 0 Å². The average Bonchev–Trinajstić information content (AvgIpc) is 3.10. The van der Waals surface area contributed by atoms with E-state index in [1.165, 1.54) is 11.8 Å². The number of carboxylic acids is 1. The molecule has 0 heterocycles. The lowest BCUT2D eigenvalue weighted by molar-refractivity contribution is -0.150. The van der Waals surface area contributed by atoms with E-state index >= 15 is 0 Å². The second-order valence-corrected chi connectivity index (χ2v) is 5.89. The number of carbonyl (C=O) groups excluding carboxylic acids is 1. The van der Waals surface area contributed by atoms with Crippen molar-refractivity contribution >= 4 is 39.4 Å². The first kappa shape index (κ1) is 14.3. The zero-order valence-corrected chi connectivity index (χ0v) is 12.6. The maximum atomic E-state index is 11.7. The van der Waals surface area contributed by atoms with E-state index in [4.69, 9.17) is 11.6 Å². The molecular weight excluding hydrogens is 334 g/mol. The number of carboxylic acid groups (broad SMARTS) is 1. The van der Waals surface area contributed by atoms with E-state index in [-0.39, 0.29) is 11.9 Å². The van der Waals surface area contributed by atoms with Crippen molar-refractivity contribution in [2.45, 2.75) is 31.8 Å². The van der Waals surface area contributed by atoms with Crippen molar-refractivity contribution in [1.29, 1.82) is 0 Å². The number of carbonyl (C=O) groups is 2. The third kappa shape index (κ3) is 3.09. The first-order chi connectivity index (χ1) is 8.91. The minimum absolute atomic E-state index is 0.0123. The second kappa shape index (κ2) is 5.51. The van der Waals surface area contributed by atoms with Crippen LogP contribution in [0.3, 0.4) is 0 Å². The normalized spacial score (nSPS) is 15.9. The molecule has 1 saturated carbocycles. The summed E-state index contributed by atoms with van der Waals surface area (Å²) in [6.07, 6.45) is 1.69. The van der Waals surface area contributed by atoms with Crippen LogP contribution in [-0.4, -0.2) is 27.9 Å². The molecule has 1 aliphatic carbocycles. The second-order valence-electron chi connectivity index (χ2n) is 4.56. The van der Waals surface area contributed by atoms with Crippen LogP contribution in [0.15, 0.2) is 22.7 Å². The number of rotatable bonds is 4. The third-order valence-electron chi connectivity index (χ3n) is 3.07. The van der Waals surface area contributed by atoms with Crippen molar-refractivity contribution in [2.24, 2.45) is 0 Å². The lowest BCUT2D eigenvalue weighted by Crippen LogP contribution is -2.39. The summed E-state index contributed by atoms with van der Waals surface area (Å²) < 4.78 is 0.770. The predicted octanol–water partition coefficient (Wildman–Crippen LogP) is 3.24. The van der Waals surface area contributed by atoms with Gasteiger partial charge in [-0.2, -0.15) is 0 Å². The molecule has 0 saturated heterocycles. The van der Waals surface area contributed by atoms with E-state index in [9.17, 15) is 14.7 Å². The Kier molecular flexibility index (Phi) is 4.16. The van der Waals surface area contributed by atoms with Gasteiger partial charge in [0.05, 0.1) is 0 Å². The van der Waals surface area contributed by atoms with E-state index < -0.39 is 12.0 Å². The first-order valence-corrected chi connectivity index (χ1v) is 7.05. The van der Waals surface area contributed by atoms with Gasteiger partial charge >= 0.3 is 5.97 Å². The maximum Gasteiger partial charge on any atom is 0.331 e. The van der Waals surface area contributed by atoms with Crippen molar-refractivity contribution in [3.05, 3.63) is 33.3 Å². The minimum Gasteiger partial charge on any atom is -0.479 e. The van der Waals surface area contributed by atoms with Crippen LogP contribution in [0, 0.1) is 0 Å². The molecule has 6 heteroatoms. The quantitative estimate of drug-likeness (QED) is 0.910. The Morgan fingerprint density at radius 1 is 1.47 bits per heavy atom. The van der Waals surface area contributed by atoms with Crippen LogP contribution in [0.25, 0.3) is 0 Å². The summed E-state index contributed by atoms with van der Waals surface area (Å²) in [6, 6.07) is 3.99. The lowest BCUT2D eigenvalue weighted by Gasteiger charge is -2.28. The van der Waals surface area contributed by atoms with Gasteiger partial charge in [-0.05, 0) is 25.0 Å².